The molecule has 1 aromatic carbocycles. The summed E-state index contributed by atoms with van der Waals surface area (Å²) in [4.78, 5) is 2.96. The maximum Gasteiger partial charge on any atom is 0.0348 e. The Morgan fingerprint density at radius 2 is 2.06 bits per heavy atom. The van der Waals surface area contributed by atoms with E-state index in [4.69, 9.17) is 0 Å². The second-order valence-corrected chi connectivity index (χ2v) is 5.55. The van der Waals surface area contributed by atoms with E-state index in [1.807, 2.05) is 11.3 Å². The number of rotatable bonds is 1. The Balaban J connectivity index is 1.99. The molecule has 1 unspecified atom stereocenters. The standard InChI is InChI=1S/C14H15NS/c1-10-7-13-12(9-15-10)8-14(16-13)11-5-3-2-4-6-11/h2-6,8,10,15H,7,9H2,1H3. The predicted octanol–water partition coefficient (Wildman–Crippen LogP) is 3.45. The van der Waals surface area contributed by atoms with Crippen LogP contribution in [0.15, 0.2) is 36.4 Å². The number of fused-ring (bicyclic) bond motifs is 1. The molecule has 0 saturated heterocycles. The van der Waals surface area contributed by atoms with E-state index in [1.54, 1.807) is 4.88 Å². The van der Waals surface area contributed by atoms with Gasteiger partial charge >= 0.3 is 0 Å². The van der Waals surface area contributed by atoms with E-state index in [0.717, 1.165) is 6.54 Å². The van der Waals surface area contributed by atoms with Gasteiger partial charge in [-0.2, -0.15) is 0 Å². The highest BCUT2D eigenvalue weighted by atomic mass is 32.1. The Morgan fingerprint density at radius 3 is 2.88 bits per heavy atom. The molecule has 1 aliphatic rings. The molecule has 2 heteroatoms. The molecule has 0 aliphatic carbocycles. The van der Waals surface area contributed by atoms with E-state index < -0.39 is 0 Å². The van der Waals surface area contributed by atoms with Gasteiger partial charge in [-0.05, 0) is 30.5 Å². The lowest BCUT2D eigenvalue weighted by molar-refractivity contribution is 0.520. The third-order valence-corrected chi connectivity index (χ3v) is 4.34. The fourth-order valence-corrected chi connectivity index (χ4v) is 3.48. The fourth-order valence-electron chi connectivity index (χ4n) is 2.17. The number of nitrogens with one attached hydrogen (secondary N) is 1. The molecule has 0 saturated carbocycles. The van der Waals surface area contributed by atoms with Crippen LogP contribution in [-0.4, -0.2) is 6.04 Å². The Labute approximate surface area is 100 Å². The lowest BCUT2D eigenvalue weighted by Gasteiger charge is -2.19. The Hall–Kier alpha value is -1.12. The van der Waals surface area contributed by atoms with Gasteiger partial charge in [0.15, 0.2) is 0 Å². The van der Waals surface area contributed by atoms with Gasteiger partial charge in [-0.25, -0.2) is 0 Å². The molecule has 0 spiro atoms. The van der Waals surface area contributed by atoms with E-state index in [9.17, 15) is 0 Å². The topological polar surface area (TPSA) is 12.0 Å². The molecule has 1 N–H and O–H groups in total. The summed E-state index contributed by atoms with van der Waals surface area (Å²) < 4.78 is 0. The lowest BCUT2D eigenvalue weighted by atomic mass is 10.1. The molecule has 82 valence electrons. The van der Waals surface area contributed by atoms with Gasteiger partial charge < -0.3 is 5.32 Å². The smallest absolute Gasteiger partial charge is 0.0348 e. The maximum absolute atomic E-state index is 3.51. The highest BCUT2D eigenvalue weighted by Crippen LogP contribution is 2.33. The van der Waals surface area contributed by atoms with E-state index in [0.29, 0.717) is 6.04 Å². The minimum atomic E-state index is 0.620. The minimum Gasteiger partial charge on any atom is -0.310 e. The van der Waals surface area contributed by atoms with E-state index in [1.165, 1.54) is 22.4 Å². The summed E-state index contributed by atoms with van der Waals surface area (Å²) in [6.45, 7) is 3.28. The average Bonchev–Trinajstić information content (AvgIpc) is 2.73. The largest absolute Gasteiger partial charge is 0.310 e. The van der Waals surface area contributed by atoms with Gasteiger partial charge in [0.2, 0.25) is 0 Å². The number of thiophene rings is 1. The molecule has 3 rings (SSSR count). The highest BCUT2D eigenvalue weighted by molar-refractivity contribution is 7.15. The fraction of sp³-hybridized carbons (Fsp3) is 0.286. The Kier molecular flexibility index (Phi) is 2.54. The van der Waals surface area contributed by atoms with Crippen molar-refractivity contribution in [3.8, 4) is 10.4 Å². The minimum absolute atomic E-state index is 0.620. The number of hydrogen-bond donors (Lipinski definition) is 1. The zero-order valence-corrected chi connectivity index (χ0v) is 10.2. The molecule has 1 aliphatic heterocycles. The van der Waals surface area contributed by atoms with Crippen LogP contribution in [0.3, 0.4) is 0 Å². The van der Waals surface area contributed by atoms with Crippen molar-refractivity contribution in [3.63, 3.8) is 0 Å². The first-order valence-electron chi connectivity index (χ1n) is 5.73. The Morgan fingerprint density at radius 1 is 1.25 bits per heavy atom. The van der Waals surface area contributed by atoms with Gasteiger partial charge in [0.1, 0.15) is 0 Å². The first-order chi connectivity index (χ1) is 7.83. The van der Waals surface area contributed by atoms with Crippen molar-refractivity contribution < 1.29 is 0 Å². The zero-order valence-electron chi connectivity index (χ0n) is 9.36. The van der Waals surface area contributed by atoms with Crippen molar-refractivity contribution in [2.75, 3.05) is 0 Å². The quantitative estimate of drug-likeness (QED) is 0.789. The molecule has 16 heavy (non-hydrogen) atoms. The third kappa shape index (κ3) is 1.79. The van der Waals surface area contributed by atoms with Crippen LogP contribution >= 0.6 is 11.3 Å². The molecule has 1 atom stereocenters. The summed E-state index contributed by atoms with van der Waals surface area (Å²) in [7, 11) is 0. The van der Waals surface area contributed by atoms with Crippen molar-refractivity contribution >= 4 is 11.3 Å². The summed E-state index contributed by atoms with van der Waals surface area (Å²) in [5, 5.41) is 3.51. The van der Waals surface area contributed by atoms with Gasteiger partial charge in [0.25, 0.3) is 0 Å². The molecule has 2 aromatic rings. The van der Waals surface area contributed by atoms with Crippen LogP contribution in [0.5, 0.6) is 0 Å². The van der Waals surface area contributed by atoms with Crippen molar-refractivity contribution in [2.45, 2.75) is 25.9 Å². The molecular weight excluding hydrogens is 214 g/mol. The Bertz CT molecular complexity index is 487. The van der Waals surface area contributed by atoms with Crippen LogP contribution in [0.25, 0.3) is 10.4 Å². The summed E-state index contributed by atoms with van der Waals surface area (Å²) in [6, 6.07) is 13.6. The first kappa shape index (κ1) is 10.1. The molecular formula is C14H15NS. The molecule has 0 bridgehead atoms. The summed E-state index contributed by atoms with van der Waals surface area (Å²) in [6.07, 6.45) is 1.17. The predicted molar refractivity (Wildman–Crippen MR) is 69.8 cm³/mol. The van der Waals surface area contributed by atoms with Crippen molar-refractivity contribution in [1.82, 2.24) is 5.32 Å². The summed E-state index contributed by atoms with van der Waals surface area (Å²) >= 11 is 1.95. The summed E-state index contributed by atoms with van der Waals surface area (Å²) in [5.41, 5.74) is 2.83. The van der Waals surface area contributed by atoms with Crippen LogP contribution in [0.4, 0.5) is 0 Å². The van der Waals surface area contributed by atoms with Crippen LogP contribution in [0.1, 0.15) is 17.4 Å². The monoisotopic (exact) mass is 229 g/mol. The zero-order chi connectivity index (χ0) is 11.0. The molecule has 2 heterocycles. The van der Waals surface area contributed by atoms with Crippen molar-refractivity contribution in [3.05, 3.63) is 46.8 Å². The first-order valence-corrected chi connectivity index (χ1v) is 6.55. The van der Waals surface area contributed by atoms with E-state index >= 15 is 0 Å². The molecule has 0 amide bonds. The number of benzene rings is 1. The third-order valence-electron chi connectivity index (χ3n) is 3.09. The van der Waals surface area contributed by atoms with Crippen LogP contribution in [0.2, 0.25) is 0 Å². The van der Waals surface area contributed by atoms with E-state index in [2.05, 4.69) is 48.6 Å². The van der Waals surface area contributed by atoms with Crippen LogP contribution < -0.4 is 5.32 Å². The van der Waals surface area contributed by atoms with Crippen molar-refractivity contribution in [2.24, 2.45) is 0 Å². The summed E-state index contributed by atoms with van der Waals surface area (Å²) in [5.74, 6) is 0. The van der Waals surface area contributed by atoms with Crippen LogP contribution in [0, 0.1) is 0 Å². The van der Waals surface area contributed by atoms with Gasteiger partial charge in [-0.15, -0.1) is 11.3 Å². The van der Waals surface area contributed by atoms with E-state index in [-0.39, 0.29) is 0 Å². The molecule has 0 radical (unpaired) electrons. The maximum atomic E-state index is 3.51. The highest BCUT2D eigenvalue weighted by Gasteiger charge is 2.17. The number of hydrogen-bond acceptors (Lipinski definition) is 2. The SMILES string of the molecule is CC1Cc2sc(-c3ccccc3)cc2CN1. The van der Waals surface area contributed by atoms with Gasteiger partial charge in [0, 0.05) is 22.3 Å². The van der Waals surface area contributed by atoms with Crippen LogP contribution in [-0.2, 0) is 13.0 Å². The van der Waals surface area contributed by atoms with Gasteiger partial charge in [-0.1, -0.05) is 30.3 Å². The van der Waals surface area contributed by atoms with Gasteiger partial charge in [-0.3, -0.25) is 0 Å². The lowest BCUT2D eigenvalue weighted by Crippen LogP contribution is -2.31. The molecule has 0 fully saturated rings. The molecule has 1 aromatic heterocycles. The normalized spacial score (nSPS) is 19.4. The average molecular weight is 229 g/mol. The second-order valence-electron chi connectivity index (χ2n) is 4.41. The molecule has 1 nitrogen and oxygen atoms in total. The van der Waals surface area contributed by atoms with Crippen molar-refractivity contribution in [1.29, 1.82) is 0 Å². The second kappa shape index (κ2) is 4.04. The van der Waals surface area contributed by atoms with Gasteiger partial charge in [0.05, 0.1) is 0 Å².